The topological polar surface area (TPSA) is 107 Å². The Morgan fingerprint density at radius 3 is 2.49 bits per heavy atom. The van der Waals surface area contributed by atoms with Gasteiger partial charge in [-0.15, -0.1) is 0 Å². The Balaban J connectivity index is 1.14. The van der Waals surface area contributed by atoms with Crippen LogP contribution in [0.4, 0.5) is 20.8 Å². The number of methoxy groups -OCH3 is 3. The maximum atomic E-state index is 14.0. The number of fused-ring (bicyclic) bond motifs is 1. The molecule has 0 spiro atoms. The van der Waals surface area contributed by atoms with Crippen LogP contribution in [0.2, 0.25) is 5.02 Å². The molecule has 47 heavy (non-hydrogen) atoms. The van der Waals surface area contributed by atoms with E-state index in [1.807, 2.05) is 48.5 Å². The summed E-state index contributed by atoms with van der Waals surface area (Å²) >= 11 is 6.12. The summed E-state index contributed by atoms with van der Waals surface area (Å²) in [6.45, 7) is 1.59. The Hall–Kier alpha value is -5.29. The average Bonchev–Trinajstić information content (AvgIpc) is 3.08. The smallest absolute Gasteiger partial charge is 0.410 e. The lowest BCUT2D eigenvalue weighted by Gasteiger charge is -2.39. The number of aromatic nitrogens is 2. The molecule has 12 heteroatoms. The number of carbonyl (C=O) groups excluding carboxylic acids is 1. The SMILES string of the molecule is COc1cc2nc(NCc3ccc(OC)c(OC)c3-c3ccc(F)c(Cl)c3)ncc2cc1NC1CN(C(=O)OCc2ccccc2)C1. The third kappa shape index (κ3) is 6.95. The van der Waals surface area contributed by atoms with Crippen molar-refractivity contribution < 1.29 is 28.1 Å². The summed E-state index contributed by atoms with van der Waals surface area (Å²) < 4.78 is 36.3. The second-order valence-corrected chi connectivity index (χ2v) is 11.3. The Morgan fingerprint density at radius 1 is 0.979 bits per heavy atom. The van der Waals surface area contributed by atoms with Gasteiger partial charge in [-0.3, -0.25) is 0 Å². The molecule has 1 aromatic heterocycles. The minimum absolute atomic E-state index is 0.00271. The van der Waals surface area contributed by atoms with Crippen LogP contribution in [-0.2, 0) is 17.9 Å². The number of nitrogens with zero attached hydrogens (tertiary/aromatic N) is 3. The van der Waals surface area contributed by atoms with E-state index in [4.69, 9.17) is 35.5 Å². The molecule has 0 saturated carbocycles. The number of anilines is 2. The van der Waals surface area contributed by atoms with Crippen molar-refractivity contribution in [1.82, 2.24) is 14.9 Å². The van der Waals surface area contributed by atoms with Crippen molar-refractivity contribution >= 4 is 40.2 Å². The summed E-state index contributed by atoms with van der Waals surface area (Å²) in [6, 6.07) is 21.6. The maximum absolute atomic E-state index is 14.0. The molecule has 10 nitrogen and oxygen atoms in total. The molecule has 1 amide bonds. The summed E-state index contributed by atoms with van der Waals surface area (Å²) in [5.74, 6) is 1.54. The molecule has 2 N–H and O–H groups in total. The van der Waals surface area contributed by atoms with Crippen molar-refractivity contribution in [3.05, 3.63) is 101 Å². The Bertz CT molecular complexity index is 1910. The minimum atomic E-state index is -0.510. The first kappa shape index (κ1) is 31.7. The lowest BCUT2D eigenvalue weighted by Crippen LogP contribution is -2.57. The van der Waals surface area contributed by atoms with Gasteiger partial charge in [-0.05, 0) is 41.0 Å². The molecule has 2 heterocycles. The van der Waals surface area contributed by atoms with Crippen LogP contribution in [-0.4, -0.2) is 61.4 Å². The number of hydrogen-bond donors (Lipinski definition) is 2. The molecule has 0 radical (unpaired) electrons. The standard InChI is InChI=1S/C35H33ClFN5O5/c1-44-30-12-10-23(32(33(30)46-3)22-9-11-27(37)26(36)13-22)16-38-34-39-17-24-14-29(31(45-2)15-28(24)41-34)40-25-18-42(19-25)35(43)47-20-21-7-5-4-6-8-21/h4-15,17,25,40H,16,18-20H2,1-3H3,(H,38,39,41). The van der Waals surface area contributed by atoms with Gasteiger partial charge in [0.2, 0.25) is 5.95 Å². The van der Waals surface area contributed by atoms with Gasteiger partial charge in [0.25, 0.3) is 0 Å². The first-order valence-corrected chi connectivity index (χ1v) is 15.2. The molecule has 6 rings (SSSR count). The number of ether oxygens (including phenoxy) is 4. The first-order chi connectivity index (χ1) is 22.9. The highest BCUT2D eigenvalue weighted by atomic mass is 35.5. The van der Waals surface area contributed by atoms with E-state index < -0.39 is 5.82 Å². The fourth-order valence-corrected chi connectivity index (χ4v) is 5.61. The summed E-state index contributed by atoms with van der Waals surface area (Å²) in [5.41, 5.74) is 4.62. The summed E-state index contributed by atoms with van der Waals surface area (Å²) in [6.07, 6.45) is 1.39. The first-order valence-electron chi connectivity index (χ1n) is 14.9. The van der Waals surface area contributed by atoms with Crippen LogP contribution < -0.4 is 24.8 Å². The molecule has 1 saturated heterocycles. The summed E-state index contributed by atoms with van der Waals surface area (Å²) in [4.78, 5) is 23.3. The number of likely N-dealkylation sites (tertiary alicyclic amines) is 1. The van der Waals surface area contributed by atoms with Crippen LogP contribution >= 0.6 is 11.6 Å². The van der Waals surface area contributed by atoms with Gasteiger partial charge >= 0.3 is 6.09 Å². The van der Waals surface area contributed by atoms with E-state index in [1.165, 1.54) is 6.07 Å². The van der Waals surface area contributed by atoms with Gasteiger partial charge in [-0.2, -0.15) is 0 Å². The minimum Gasteiger partial charge on any atom is -0.495 e. The predicted molar refractivity (Wildman–Crippen MR) is 179 cm³/mol. The fourth-order valence-electron chi connectivity index (χ4n) is 5.43. The number of carbonyl (C=O) groups is 1. The lowest BCUT2D eigenvalue weighted by molar-refractivity contribution is 0.0705. The quantitative estimate of drug-likeness (QED) is 0.153. The summed E-state index contributed by atoms with van der Waals surface area (Å²) in [7, 11) is 4.70. The molecular weight excluding hydrogens is 625 g/mol. The van der Waals surface area contributed by atoms with E-state index in [9.17, 15) is 9.18 Å². The molecule has 0 aliphatic carbocycles. The van der Waals surface area contributed by atoms with Crippen molar-refractivity contribution in [2.45, 2.75) is 19.2 Å². The molecule has 4 aromatic carbocycles. The fraction of sp³-hybridized carbons (Fsp3) is 0.229. The van der Waals surface area contributed by atoms with E-state index in [1.54, 1.807) is 50.6 Å². The molecule has 0 unspecified atom stereocenters. The Morgan fingerprint density at radius 2 is 1.77 bits per heavy atom. The monoisotopic (exact) mass is 657 g/mol. The molecular formula is C35H33ClFN5O5. The Labute approximate surface area is 276 Å². The van der Waals surface area contributed by atoms with Crippen molar-refractivity contribution in [3.63, 3.8) is 0 Å². The normalized spacial score (nSPS) is 12.7. The molecule has 0 atom stereocenters. The second kappa shape index (κ2) is 14.0. The Kier molecular flexibility index (Phi) is 9.44. The van der Waals surface area contributed by atoms with E-state index in [-0.39, 0.29) is 23.8 Å². The zero-order chi connectivity index (χ0) is 32.9. The van der Waals surface area contributed by atoms with Gasteiger partial charge in [0.1, 0.15) is 18.2 Å². The van der Waals surface area contributed by atoms with Gasteiger partial charge in [-0.25, -0.2) is 19.2 Å². The van der Waals surface area contributed by atoms with Crippen LogP contribution in [0.5, 0.6) is 17.2 Å². The number of benzene rings is 4. The van der Waals surface area contributed by atoms with Crippen LogP contribution in [0.15, 0.2) is 79.0 Å². The molecule has 242 valence electrons. The number of amides is 1. The molecule has 5 aromatic rings. The number of halogens is 2. The van der Waals surface area contributed by atoms with Crippen molar-refractivity contribution in [2.75, 3.05) is 45.1 Å². The highest BCUT2D eigenvalue weighted by Gasteiger charge is 2.32. The van der Waals surface area contributed by atoms with Crippen LogP contribution in [0.1, 0.15) is 11.1 Å². The largest absolute Gasteiger partial charge is 0.495 e. The van der Waals surface area contributed by atoms with E-state index >= 15 is 0 Å². The third-order valence-corrected chi connectivity index (χ3v) is 8.17. The van der Waals surface area contributed by atoms with Crippen molar-refractivity contribution in [2.24, 2.45) is 0 Å². The van der Waals surface area contributed by atoms with Gasteiger partial charge in [0.15, 0.2) is 11.5 Å². The zero-order valence-corrected chi connectivity index (χ0v) is 26.8. The number of hydrogen-bond acceptors (Lipinski definition) is 9. The highest BCUT2D eigenvalue weighted by molar-refractivity contribution is 6.31. The average molecular weight is 658 g/mol. The highest BCUT2D eigenvalue weighted by Crippen LogP contribution is 2.42. The number of rotatable bonds is 11. The van der Waals surface area contributed by atoms with E-state index in [0.29, 0.717) is 59.5 Å². The maximum Gasteiger partial charge on any atom is 0.410 e. The van der Waals surface area contributed by atoms with Gasteiger partial charge in [0.05, 0.1) is 43.6 Å². The lowest BCUT2D eigenvalue weighted by atomic mass is 9.97. The second-order valence-electron chi connectivity index (χ2n) is 10.9. The van der Waals surface area contributed by atoms with Gasteiger partial charge in [-0.1, -0.05) is 54.1 Å². The summed E-state index contributed by atoms with van der Waals surface area (Å²) in [5, 5.41) is 7.56. The van der Waals surface area contributed by atoms with E-state index in [2.05, 4.69) is 15.6 Å². The van der Waals surface area contributed by atoms with Crippen LogP contribution in [0, 0.1) is 5.82 Å². The van der Waals surface area contributed by atoms with Crippen LogP contribution in [0.25, 0.3) is 22.0 Å². The van der Waals surface area contributed by atoms with Gasteiger partial charge in [0, 0.05) is 42.8 Å². The molecule has 1 fully saturated rings. The van der Waals surface area contributed by atoms with Crippen molar-refractivity contribution in [1.29, 1.82) is 0 Å². The third-order valence-electron chi connectivity index (χ3n) is 7.88. The molecule has 1 aliphatic rings. The van der Waals surface area contributed by atoms with E-state index in [0.717, 1.165) is 22.2 Å². The van der Waals surface area contributed by atoms with Crippen molar-refractivity contribution in [3.8, 4) is 28.4 Å². The van der Waals surface area contributed by atoms with Gasteiger partial charge < -0.3 is 34.5 Å². The molecule has 0 bridgehead atoms. The molecule has 1 aliphatic heterocycles. The zero-order valence-electron chi connectivity index (χ0n) is 26.1. The van der Waals surface area contributed by atoms with Crippen LogP contribution in [0.3, 0.4) is 0 Å². The number of nitrogens with one attached hydrogen (secondary N) is 2. The predicted octanol–water partition coefficient (Wildman–Crippen LogP) is 7.16.